The van der Waals surface area contributed by atoms with E-state index in [4.69, 9.17) is 4.74 Å². The normalized spacial score (nSPS) is 12.7. The van der Waals surface area contributed by atoms with Gasteiger partial charge in [-0.05, 0) is 36.1 Å². The molecule has 0 amide bonds. The van der Waals surface area contributed by atoms with E-state index in [1.165, 1.54) is 11.8 Å². The molecule has 0 aliphatic heterocycles. The fraction of sp³-hybridized carbons (Fsp3) is 0.409. The lowest BCUT2D eigenvalue weighted by molar-refractivity contribution is 0.0931. The van der Waals surface area contributed by atoms with E-state index in [1.807, 2.05) is 25.1 Å². The molecule has 0 saturated heterocycles. The van der Waals surface area contributed by atoms with Crippen LogP contribution in [0.2, 0.25) is 0 Å². The number of guanidine groups is 1. The van der Waals surface area contributed by atoms with Crippen molar-refractivity contribution in [3.8, 4) is 0 Å². The monoisotopic (exact) mass is 545 g/mol. The van der Waals surface area contributed by atoms with Crippen LogP contribution in [-0.4, -0.2) is 40.3 Å². The molecule has 166 valence electrons. The van der Waals surface area contributed by atoms with Crippen LogP contribution in [0.25, 0.3) is 0 Å². The third-order valence-corrected chi connectivity index (χ3v) is 5.38. The highest BCUT2D eigenvalue weighted by Crippen LogP contribution is 2.11. The molecule has 0 saturated carbocycles. The fourth-order valence-electron chi connectivity index (χ4n) is 2.64. The molecule has 2 aromatic carbocycles. The highest BCUT2D eigenvalue weighted by atomic mass is 127. The van der Waals surface area contributed by atoms with Gasteiger partial charge >= 0.3 is 0 Å². The molecule has 2 N–H and O–H groups in total. The maximum atomic E-state index is 11.5. The molecule has 0 aromatic heterocycles. The molecule has 0 radical (unpaired) electrons. The van der Waals surface area contributed by atoms with Crippen LogP contribution in [-0.2, 0) is 27.7 Å². The van der Waals surface area contributed by atoms with Crippen LogP contribution in [0.5, 0.6) is 0 Å². The smallest absolute Gasteiger partial charge is 0.191 e. The first-order chi connectivity index (χ1) is 13.9. The number of rotatable bonds is 10. The Bertz CT molecular complexity index is 872. The zero-order valence-electron chi connectivity index (χ0n) is 17.8. The van der Waals surface area contributed by atoms with Crippen molar-refractivity contribution in [2.45, 2.75) is 31.9 Å². The molecule has 2 aromatic rings. The highest BCUT2D eigenvalue weighted by Gasteiger charge is 2.07. The molecule has 30 heavy (non-hydrogen) atoms. The minimum atomic E-state index is -3.18. The molecule has 0 aliphatic rings. The van der Waals surface area contributed by atoms with Crippen molar-refractivity contribution in [2.75, 3.05) is 26.0 Å². The van der Waals surface area contributed by atoms with Gasteiger partial charge in [-0.3, -0.25) is 0 Å². The van der Waals surface area contributed by atoms with Crippen LogP contribution in [0.3, 0.4) is 0 Å². The molecule has 8 heteroatoms. The zero-order valence-corrected chi connectivity index (χ0v) is 20.9. The van der Waals surface area contributed by atoms with Crippen LogP contribution in [0.1, 0.15) is 25.0 Å². The Hall–Kier alpha value is -1.65. The van der Waals surface area contributed by atoms with Crippen LogP contribution in [0.15, 0.2) is 64.5 Å². The van der Waals surface area contributed by atoms with E-state index < -0.39 is 9.84 Å². The number of aliphatic imine (C=N–C) groups is 1. The van der Waals surface area contributed by atoms with E-state index >= 15 is 0 Å². The van der Waals surface area contributed by atoms with Crippen molar-refractivity contribution in [3.63, 3.8) is 0 Å². The number of halogens is 1. The Balaban J connectivity index is 0.00000450. The summed E-state index contributed by atoms with van der Waals surface area (Å²) in [4.78, 5) is 4.90. The summed E-state index contributed by atoms with van der Waals surface area (Å²) >= 11 is 0. The number of sulfone groups is 1. The number of hydrogen-bond donors (Lipinski definition) is 2. The number of ether oxygens (including phenoxy) is 1. The van der Waals surface area contributed by atoms with Gasteiger partial charge in [0.05, 0.1) is 24.7 Å². The van der Waals surface area contributed by atoms with Crippen molar-refractivity contribution >= 4 is 39.8 Å². The van der Waals surface area contributed by atoms with E-state index in [0.717, 1.165) is 24.6 Å². The Morgan fingerprint density at radius 2 is 1.70 bits per heavy atom. The summed E-state index contributed by atoms with van der Waals surface area (Å²) < 4.78 is 28.9. The number of hydrogen-bond acceptors (Lipinski definition) is 4. The van der Waals surface area contributed by atoms with Gasteiger partial charge in [0.15, 0.2) is 15.8 Å². The van der Waals surface area contributed by atoms with Gasteiger partial charge < -0.3 is 15.4 Å². The second kappa shape index (κ2) is 13.6. The Labute approximate surface area is 197 Å². The van der Waals surface area contributed by atoms with E-state index in [-0.39, 0.29) is 24.0 Å². The molecule has 0 fully saturated rings. The van der Waals surface area contributed by atoms with Crippen molar-refractivity contribution in [1.82, 2.24) is 10.6 Å². The van der Waals surface area contributed by atoms with Gasteiger partial charge in [-0.25, -0.2) is 13.4 Å². The van der Waals surface area contributed by atoms with Crippen molar-refractivity contribution in [3.05, 3.63) is 65.7 Å². The minimum Gasteiger partial charge on any atom is -0.376 e. The first-order valence-corrected chi connectivity index (χ1v) is 11.7. The summed E-state index contributed by atoms with van der Waals surface area (Å²) in [5.41, 5.74) is 2.12. The predicted octanol–water partition coefficient (Wildman–Crippen LogP) is 3.62. The van der Waals surface area contributed by atoms with E-state index in [9.17, 15) is 8.42 Å². The van der Waals surface area contributed by atoms with Crippen molar-refractivity contribution in [2.24, 2.45) is 10.9 Å². The van der Waals surface area contributed by atoms with Crippen molar-refractivity contribution in [1.29, 1.82) is 0 Å². The van der Waals surface area contributed by atoms with Gasteiger partial charge in [0.25, 0.3) is 0 Å². The van der Waals surface area contributed by atoms with Gasteiger partial charge in [-0.1, -0.05) is 49.4 Å². The third-order valence-electron chi connectivity index (χ3n) is 4.25. The molecule has 6 nitrogen and oxygen atoms in total. The first kappa shape index (κ1) is 26.4. The molecule has 0 bridgehead atoms. The summed E-state index contributed by atoms with van der Waals surface area (Å²) in [6.07, 6.45) is 1.21. The van der Waals surface area contributed by atoms with Crippen LogP contribution >= 0.6 is 24.0 Å². The topological polar surface area (TPSA) is 79.8 Å². The SMILES string of the molecule is CCNC(=NCc1ccc(S(C)(=O)=O)cc1)NCC(C)COCc1ccccc1.I. The molecule has 1 unspecified atom stereocenters. The summed E-state index contributed by atoms with van der Waals surface area (Å²) in [7, 11) is -3.18. The standard InChI is InChI=1S/C22H31N3O3S.HI/c1-4-23-22(25-15-19-10-12-21(13-11-19)29(3,26)27)24-14-18(2)16-28-17-20-8-6-5-7-9-20;/h5-13,18H,4,14-17H2,1-3H3,(H2,23,24,25);1H. The zero-order chi connectivity index (χ0) is 21.1. The van der Waals surface area contributed by atoms with Gasteiger partial charge in [0.2, 0.25) is 0 Å². The van der Waals surface area contributed by atoms with E-state index in [0.29, 0.717) is 30.6 Å². The molecule has 1 atom stereocenters. The second-order valence-electron chi connectivity index (χ2n) is 7.10. The summed E-state index contributed by atoms with van der Waals surface area (Å²) in [5, 5.41) is 6.57. The number of nitrogens with zero attached hydrogens (tertiary/aromatic N) is 1. The second-order valence-corrected chi connectivity index (χ2v) is 9.11. The lowest BCUT2D eigenvalue weighted by atomic mass is 10.2. The van der Waals surface area contributed by atoms with Crippen LogP contribution in [0.4, 0.5) is 0 Å². The van der Waals surface area contributed by atoms with Crippen LogP contribution < -0.4 is 10.6 Å². The average molecular weight is 545 g/mol. The minimum absolute atomic E-state index is 0. The first-order valence-electron chi connectivity index (χ1n) is 9.81. The quantitative estimate of drug-likeness (QED) is 0.271. The van der Waals surface area contributed by atoms with Crippen molar-refractivity contribution < 1.29 is 13.2 Å². The molecular formula is C22H32IN3O3S. The van der Waals surface area contributed by atoms with Gasteiger partial charge in [-0.15, -0.1) is 24.0 Å². The molecule has 0 aliphatic carbocycles. The maximum absolute atomic E-state index is 11.5. The van der Waals surface area contributed by atoms with Gasteiger partial charge in [-0.2, -0.15) is 0 Å². The highest BCUT2D eigenvalue weighted by molar-refractivity contribution is 14.0. The van der Waals surface area contributed by atoms with Gasteiger partial charge in [0.1, 0.15) is 0 Å². The molecular weight excluding hydrogens is 513 g/mol. The lowest BCUT2D eigenvalue weighted by Crippen LogP contribution is -2.40. The molecule has 2 rings (SSSR count). The van der Waals surface area contributed by atoms with Crippen LogP contribution in [0, 0.1) is 5.92 Å². The van der Waals surface area contributed by atoms with E-state index in [1.54, 1.807) is 24.3 Å². The largest absolute Gasteiger partial charge is 0.376 e. The van der Waals surface area contributed by atoms with Gasteiger partial charge in [0, 0.05) is 19.3 Å². The maximum Gasteiger partial charge on any atom is 0.191 e. The number of benzene rings is 2. The predicted molar refractivity (Wildman–Crippen MR) is 133 cm³/mol. The molecule has 0 spiro atoms. The van der Waals surface area contributed by atoms with E-state index in [2.05, 4.69) is 34.7 Å². The molecule has 0 heterocycles. The lowest BCUT2D eigenvalue weighted by Gasteiger charge is -2.16. The Kier molecular flexibility index (Phi) is 12.0. The number of nitrogens with one attached hydrogen (secondary N) is 2. The Morgan fingerprint density at radius 3 is 2.30 bits per heavy atom. The summed E-state index contributed by atoms with van der Waals surface area (Å²) in [6, 6.07) is 17.0. The fourth-order valence-corrected chi connectivity index (χ4v) is 3.27. The Morgan fingerprint density at radius 1 is 1.03 bits per heavy atom. The third kappa shape index (κ3) is 9.90. The average Bonchev–Trinajstić information content (AvgIpc) is 2.70. The summed E-state index contributed by atoms with van der Waals surface area (Å²) in [5.74, 6) is 1.06. The summed E-state index contributed by atoms with van der Waals surface area (Å²) in [6.45, 7) is 7.40.